The van der Waals surface area contributed by atoms with E-state index in [2.05, 4.69) is 13.8 Å². The number of rotatable bonds is 31. The summed E-state index contributed by atoms with van der Waals surface area (Å²) in [6.45, 7) is 7.74. The molecular weight excluding hydrogens is 843 g/mol. The van der Waals surface area contributed by atoms with Gasteiger partial charge in [-0.15, -0.1) is 0 Å². The number of aryl methyl sites for hydroxylation is 2. The fourth-order valence-electron chi connectivity index (χ4n) is 7.37. The quantitative estimate of drug-likeness (QED) is 0.0373. The van der Waals surface area contributed by atoms with E-state index < -0.39 is 54.5 Å². The fourth-order valence-corrected chi connectivity index (χ4v) is 22.1. The monoisotopic (exact) mass is 912 g/mol. The number of benzene rings is 3. The average molecular weight is 913 g/mol. The van der Waals surface area contributed by atoms with E-state index in [0.29, 0.717) is 36.8 Å². The fraction of sp³-hybridized carbons (Fsp3) is 0.600. The topological polar surface area (TPSA) is 164 Å². The zero-order valence-corrected chi connectivity index (χ0v) is 40.0. The molecule has 0 bridgehead atoms. The van der Waals surface area contributed by atoms with Crippen molar-refractivity contribution in [2.75, 3.05) is 5.73 Å². The average Bonchev–Trinajstić information content (AvgIpc) is 3.19. The van der Waals surface area contributed by atoms with Crippen LogP contribution in [0.25, 0.3) is 0 Å². The summed E-state index contributed by atoms with van der Waals surface area (Å²) in [6.07, 6.45) is 22.4. The molecule has 2 N–H and O–H groups in total. The van der Waals surface area contributed by atoms with Gasteiger partial charge in [-0.1, -0.05) is 52.4 Å². The molecule has 14 heteroatoms. The summed E-state index contributed by atoms with van der Waals surface area (Å²) < 4.78 is 111. The molecule has 0 aromatic heterocycles. The van der Waals surface area contributed by atoms with Crippen molar-refractivity contribution in [3.63, 3.8) is 0 Å². The first-order valence-electron chi connectivity index (χ1n) is 22.0. The Morgan fingerprint density at radius 3 is 1.24 bits per heavy atom. The molecule has 0 aliphatic rings. The molecular formula is C45H70NO9S3Ti. The predicted octanol–water partition coefficient (Wildman–Crippen LogP) is 12.1. The molecule has 3 aromatic carbocycles. The van der Waals surface area contributed by atoms with Crippen molar-refractivity contribution in [2.45, 2.75) is 190 Å². The Kier molecular flexibility index (Phi) is 22.2. The van der Waals surface area contributed by atoms with Crippen LogP contribution in [-0.4, -0.2) is 25.3 Å². The van der Waals surface area contributed by atoms with Crippen LogP contribution in [0, 0.1) is 0 Å². The van der Waals surface area contributed by atoms with Gasteiger partial charge in [-0.25, -0.2) is 0 Å². The zero-order chi connectivity index (χ0) is 43.4. The molecule has 0 saturated heterocycles. The van der Waals surface area contributed by atoms with E-state index in [-0.39, 0.29) is 21.0 Å². The first-order valence-corrected chi connectivity index (χ1v) is 30.1. The van der Waals surface area contributed by atoms with E-state index in [9.17, 15) is 25.3 Å². The van der Waals surface area contributed by atoms with Gasteiger partial charge in [0, 0.05) is 0 Å². The van der Waals surface area contributed by atoms with Crippen molar-refractivity contribution in [1.29, 1.82) is 0 Å². The number of unbranched alkanes of at least 4 members (excludes halogenated alkanes) is 18. The molecule has 0 aliphatic heterocycles. The van der Waals surface area contributed by atoms with Gasteiger partial charge in [-0.2, -0.15) is 0 Å². The van der Waals surface area contributed by atoms with Crippen molar-refractivity contribution in [2.24, 2.45) is 0 Å². The summed E-state index contributed by atoms with van der Waals surface area (Å²) >= 11 is -7.37. The molecule has 0 fully saturated rings. The second-order valence-corrected chi connectivity index (χ2v) is 28.3. The number of nitrogens with two attached hydrogens (primary N) is 1. The second kappa shape index (κ2) is 25.6. The summed E-state index contributed by atoms with van der Waals surface area (Å²) in [5, 5.41) is 0. The molecule has 0 aliphatic carbocycles. The van der Waals surface area contributed by atoms with Gasteiger partial charge in [-0.3, -0.25) is 0 Å². The van der Waals surface area contributed by atoms with Gasteiger partial charge in [0.1, 0.15) is 0 Å². The summed E-state index contributed by atoms with van der Waals surface area (Å²) in [6, 6.07) is 15.6. The Morgan fingerprint density at radius 1 is 0.508 bits per heavy atom. The molecule has 59 heavy (non-hydrogen) atoms. The molecule has 3 aromatic rings. The molecule has 331 valence electrons. The molecule has 0 saturated carbocycles. The van der Waals surface area contributed by atoms with Gasteiger partial charge in [0.25, 0.3) is 0 Å². The van der Waals surface area contributed by atoms with Gasteiger partial charge < -0.3 is 0 Å². The Hall–Kier alpha value is -2.26. The number of nitrogen functional groups attached to an aromatic ring is 1. The first-order chi connectivity index (χ1) is 28.1. The van der Waals surface area contributed by atoms with E-state index in [1.807, 2.05) is 0 Å². The van der Waals surface area contributed by atoms with Gasteiger partial charge in [0.05, 0.1) is 0 Å². The molecule has 0 unspecified atom stereocenters. The van der Waals surface area contributed by atoms with Crippen LogP contribution in [0.1, 0.15) is 179 Å². The maximum absolute atomic E-state index is 15.0. The Balaban J connectivity index is 1.90. The third-order valence-corrected chi connectivity index (χ3v) is 24.9. The van der Waals surface area contributed by atoms with Crippen LogP contribution < -0.4 is 5.73 Å². The SMILES string of the molecule is CCCCCCCCCCCCc1ccccc1S(=O)(=O)[O][Ti](=[O])([O]S(=O)(=O)c1ccccc1CCCCCCCCCCCC)[S](=O)(=O)c1ccc(N)cc1C(C)C. The van der Waals surface area contributed by atoms with Crippen LogP contribution in [0.15, 0.2) is 81.4 Å². The normalized spacial score (nSPS) is 12.7. The summed E-state index contributed by atoms with van der Waals surface area (Å²) in [5.74, 6) is -0.494. The Morgan fingerprint density at radius 2 is 0.864 bits per heavy atom. The van der Waals surface area contributed by atoms with Crippen molar-refractivity contribution < 1.29 is 50.1 Å². The van der Waals surface area contributed by atoms with E-state index in [4.69, 9.17) is 11.3 Å². The number of anilines is 1. The molecule has 0 spiro atoms. The minimum absolute atomic E-state index is 0.112. The van der Waals surface area contributed by atoms with Gasteiger partial charge in [0.2, 0.25) is 0 Å². The molecule has 0 radical (unpaired) electrons. The van der Waals surface area contributed by atoms with Crippen molar-refractivity contribution in [1.82, 2.24) is 0 Å². The first kappa shape index (κ1) is 51.1. The Labute approximate surface area is 359 Å². The third-order valence-electron chi connectivity index (χ3n) is 10.8. The molecule has 0 amide bonds. The predicted molar refractivity (Wildman–Crippen MR) is 233 cm³/mol. The van der Waals surface area contributed by atoms with E-state index in [1.54, 1.807) is 38.1 Å². The van der Waals surface area contributed by atoms with E-state index in [0.717, 1.165) is 57.4 Å². The van der Waals surface area contributed by atoms with E-state index in [1.165, 1.54) is 101 Å². The van der Waals surface area contributed by atoms with Gasteiger partial charge in [-0.05, 0) is 0 Å². The van der Waals surface area contributed by atoms with Crippen LogP contribution in [0.4, 0.5) is 5.69 Å². The summed E-state index contributed by atoms with van der Waals surface area (Å²) in [5.41, 5.74) is 6.99. The van der Waals surface area contributed by atoms with Crippen molar-refractivity contribution >= 4 is 33.3 Å². The molecule has 3 rings (SSSR count). The maximum atomic E-state index is 15.0. The summed E-state index contributed by atoms with van der Waals surface area (Å²) in [7, 11) is -15.7. The minimum atomic E-state index is -7.37. The third kappa shape index (κ3) is 16.2. The zero-order valence-electron chi connectivity index (χ0n) is 36.0. The van der Waals surface area contributed by atoms with Gasteiger partial charge in [0.15, 0.2) is 0 Å². The second-order valence-electron chi connectivity index (χ2n) is 16.1. The van der Waals surface area contributed by atoms with Crippen LogP contribution in [-0.2, 0) is 65.4 Å². The summed E-state index contributed by atoms with van der Waals surface area (Å²) in [4.78, 5) is -1.35. The van der Waals surface area contributed by atoms with Crippen LogP contribution in [0.2, 0.25) is 0 Å². The van der Waals surface area contributed by atoms with Crippen LogP contribution in [0.3, 0.4) is 0 Å². The van der Waals surface area contributed by atoms with Gasteiger partial charge >= 0.3 is 310 Å². The molecule has 0 heterocycles. The number of hydrogen-bond donors (Lipinski definition) is 1. The Bertz CT molecular complexity index is 2000. The van der Waals surface area contributed by atoms with Crippen LogP contribution in [0.5, 0.6) is 0 Å². The van der Waals surface area contributed by atoms with Crippen molar-refractivity contribution in [3.8, 4) is 0 Å². The number of hydrogen-bond acceptors (Lipinski definition) is 10. The van der Waals surface area contributed by atoms with Crippen molar-refractivity contribution in [3.05, 3.63) is 83.4 Å². The van der Waals surface area contributed by atoms with E-state index >= 15 is 3.32 Å². The molecule has 0 atom stereocenters. The molecule has 10 nitrogen and oxygen atoms in total. The van der Waals surface area contributed by atoms with Crippen LogP contribution >= 0.6 is 0 Å². The standard InChI is InChI=1S/2C18H30O3S.C9H12NO2S.O.Ti/c2*1-2-3-4-5-6-7-8-9-10-11-14-17-15-12-13-16-18(17)22(19,20)21;1-6(2)8-5-7(10)3-4-9(8)13(11)12;;/h2*12-13,15-16H,2-11,14H2,1H3,(H,19,20,21);3-6H,10H2,1-2H3;;/q;;;;+2/p-2.